The van der Waals surface area contributed by atoms with Crippen LogP contribution in [0.4, 0.5) is 0 Å². The molecular formula is C12H12BrNS. The van der Waals surface area contributed by atoms with Gasteiger partial charge < -0.3 is 5.73 Å². The Kier molecular flexibility index (Phi) is 3.24. The zero-order chi connectivity index (χ0) is 10.8. The summed E-state index contributed by atoms with van der Waals surface area (Å²) in [5.74, 6) is 0. The highest BCUT2D eigenvalue weighted by atomic mass is 79.9. The molecule has 0 amide bonds. The van der Waals surface area contributed by atoms with E-state index in [2.05, 4.69) is 53.2 Å². The molecule has 0 saturated carbocycles. The van der Waals surface area contributed by atoms with E-state index in [-0.39, 0.29) is 0 Å². The van der Waals surface area contributed by atoms with Crippen LogP contribution < -0.4 is 5.73 Å². The van der Waals surface area contributed by atoms with Crippen molar-refractivity contribution in [2.24, 2.45) is 5.73 Å². The summed E-state index contributed by atoms with van der Waals surface area (Å²) in [6, 6.07) is 10.6. The average Bonchev–Trinajstić information content (AvgIpc) is 2.66. The Morgan fingerprint density at radius 2 is 2.07 bits per heavy atom. The second kappa shape index (κ2) is 4.47. The van der Waals surface area contributed by atoms with E-state index in [0.717, 1.165) is 4.47 Å². The lowest BCUT2D eigenvalue weighted by atomic mass is 10.1. The zero-order valence-corrected chi connectivity index (χ0v) is 10.9. The number of rotatable bonds is 2. The molecule has 15 heavy (non-hydrogen) atoms. The van der Waals surface area contributed by atoms with Gasteiger partial charge in [0.2, 0.25) is 0 Å². The van der Waals surface area contributed by atoms with Crippen LogP contribution in [0, 0.1) is 6.92 Å². The molecule has 3 heteroatoms. The van der Waals surface area contributed by atoms with Crippen LogP contribution in [0.15, 0.2) is 34.8 Å². The predicted molar refractivity (Wildman–Crippen MR) is 70.1 cm³/mol. The molecule has 2 N–H and O–H groups in total. The molecule has 0 radical (unpaired) electrons. The first kappa shape index (κ1) is 10.9. The van der Waals surface area contributed by atoms with Gasteiger partial charge in [-0.2, -0.15) is 0 Å². The summed E-state index contributed by atoms with van der Waals surface area (Å²) in [5.41, 5.74) is 8.11. The van der Waals surface area contributed by atoms with Crippen molar-refractivity contribution in [2.75, 3.05) is 0 Å². The second-order valence-electron chi connectivity index (χ2n) is 3.45. The molecule has 0 aliphatic heterocycles. The molecule has 0 atom stereocenters. The van der Waals surface area contributed by atoms with Gasteiger partial charge in [-0.25, -0.2) is 0 Å². The summed E-state index contributed by atoms with van der Waals surface area (Å²) in [4.78, 5) is 2.49. The SMILES string of the molecule is Cc1ccc(-c2ccc(CN)s2)c(Br)c1. The Morgan fingerprint density at radius 1 is 1.27 bits per heavy atom. The van der Waals surface area contributed by atoms with Crippen molar-refractivity contribution in [2.45, 2.75) is 13.5 Å². The molecule has 0 fully saturated rings. The first-order chi connectivity index (χ1) is 7.20. The van der Waals surface area contributed by atoms with Crippen LogP contribution in [0.5, 0.6) is 0 Å². The van der Waals surface area contributed by atoms with Crippen LogP contribution in [0.25, 0.3) is 10.4 Å². The lowest BCUT2D eigenvalue weighted by Gasteiger charge is -2.02. The van der Waals surface area contributed by atoms with E-state index in [1.165, 1.54) is 20.9 Å². The van der Waals surface area contributed by atoms with Gasteiger partial charge in [0.25, 0.3) is 0 Å². The zero-order valence-electron chi connectivity index (χ0n) is 8.46. The maximum Gasteiger partial charge on any atom is 0.0357 e. The maximum absolute atomic E-state index is 5.60. The standard InChI is InChI=1S/C12H12BrNS/c1-8-2-4-10(11(13)6-8)12-5-3-9(7-14)15-12/h2-6H,7,14H2,1H3. The largest absolute Gasteiger partial charge is 0.326 e. The fourth-order valence-electron chi connectivity index (χ4n) is 1.45. The van der Waals surface area contributed by atoms with Gasteiger partial charge in [-0.15, -0.1) is 11.3 Å². The first-order valence-corrected chi connectivity index (χ1v) is 6.37. The number of benzene rings is 1. The van der Waals surface area contributed by atoms with E-state index in [0.29, 0.717) is 6.54 Å². The third-order valence-corrected chi connectivity index (χ3v) is 4.05. The molecule has 0 aliphatic carbocycles. The Balaban J connectivity index is 2.44. The van der Waals surface area contributed by atoms with Gasteiger partial charge in [0.15, 0.2) is 0 Å². The third kappa shape index (κ3) is 2.30. The van der Waals surface area contributed by atoms with Gasteiger partial charge in [0, 0.05) is 26.3 Å². The maximum atomic E-state index is 5.60. The van der Waals surface area contributed by atoms with Crippen molar-refractivity contribution in [3.05, 3.63) is 45.2 Å². The summed E-state index contributed by atoms with van der Waals surface area (Å²) in [6.45, 7) is 2.71. The third-order valence-electron chi connectivity index (χ3n) is 2.25. The molecule has 1 nitrogen and oxygen atoms in total. The summed E-state index contributed by atoms with van der Waals surface area (Å²) in [6.07, 6.45) is 0. The van der Waals surface area contributed by atoms with E-state index >= 15 is 0 Å². The molecular weight excluding hydrogens is 270 g/mol. The van der Waals surface area contributed by atoms with Crippen LogP contribution in [-0.4, -0.2) is 0 Å². The lowest BCUT2D eigenvalue weighted by Crippen LogP contribution is -1.91. The number of halogens is 1. The highest BCUT2D eigenvalue weighted by Crippen LogP contribution is 2.33. The molecule has 1 heterocycles. The fraction of sp³-hybridized carbons (Fsp3) is 0.167. The van der Waals surface area contributed by atoms with E-state index in [1.54, 1.807) is 11.3 Å². The summed E-state index contributed by atoms with van der Waals surface area (Å²) in [5, 5.41) is 0. The molecule has 0 bridgehead atoms. The van der Waals surface area contributed by atoms with Gasteiger partial charge in [-0.05, 0) is 30.7 Å². The van der Waals surface area contributed by atoms with Gasteiger partial charge in [-0.1, -0.05) is 28.1 Å². The van der Waals surface area contributed by atoms with Crippen LogP contribution in [0.3, 0.4) is 0 Å². The van der Waals surface area contributed by atoms with E-state index in [9.17, 15) is 0 Å². The first-order valence-electron chi connectivity index (χ1n) is 4.76. The summed E-state index contributed by atoms with van der Waals surface area (Å²) in [7, 11) is 0. The van der Waals surface area contributed by atoms with Crippen molar-refractivity contribution < 1.29 is 0 Å². The number of thiophene rings is 1. The number of hydrogen-bond donors (Lipinski definition) is 1. The highest BCUT2D eigenvalue weighted by Gasteiger charge is 2.05. The van der Waals surface area contributed by atoms with E-state index in [1.807, 2.05) is 0 Å². The van der Waals surface area contributed by atoms with Crippen molar-refractivity contribution in [3.8, 4) is 10.4 Å². The van der Waals surface area contributed by atoms with Crippen LogP contribution in [-0.2, 0) is 6.54 Å². The molecule has 2 rings (SSSR count). The van der Waals surface area contributed by atoms with E-state index < -0.39 is 0 Å². The summed E-state index contributed by atoms with van der Waals surface area (Å²) >= 11 is 5.34. The molecule has 0 saturated heterocycles. The number of nitrogens with two attached hydrogens (primary N) is 1. The van der Waals surface area contributed by atoms with Gasteiger partial charge in [0.1, 0.15) is 0 Å². The molecule has 1 aromatic heterocycles. The number of aryl methyl sites for hydroxylation is 1. The minimum atomic E-state index is 0.619. The van der Waals surface area contributed by atoms with Gasteiger partial charge >= 0.3 is 0 Å². The lowest BCUT2D eigenvalue weighted by molar-refractivity contribution is 1.11. The van der Waals surface area contributed by atoms with Crippen molar-refractivity contribution in [3.63, 3.8) is 0 Å². The summed E-state index contributed by atoms with van der Waals surface area (Å²) < 4.78 is 1.15. The van der Waals surface area contributed by atoms with Crippen LogP contribution >= 0.6 is 27.3 Å². The topological polar surface area (TPSA) is 26.0 Å². The van der Waals surface area contributed by atoms with E-state index in [4.69, 9.17) is 5.73 Å². The molecule has 2 aromatic rings. The molecule has 1 aromatic carbocycles. The minimum Gasteiger partial charge on any atom is -0.326 e. The quantitative estimate of drug-likeness (QED) is 0.887. The number of hydrogen-bond acceptors (Lipinski definition) is 2. The normalized spacial score (nSPS) is 10.6. The highest BCUT2D eigenvalue weighted by molar-refractivity contribution is 9.10. The second-order valence-corrected chi connectivity index (χ2v) is 5.48. The van der Waals surface area contributed by atoms with Crippen LogP contribution in [0.2, 0.25) is 0 Å². The van der Waals surface area contributed by atoms with Crippen molar-refractivity contribution in [1.82, 2.24) is 0 Å². The Morgan fingerprint density at radius 3 is 2.67 bits per heavy atom. The predicted octanol–water partition coefficient (Wildman–Crippen LogP) is 3.94. The minimum absolute atomic E-state index is 0.619. The van der Waals surface area contributed by atoms with Gasteiger partial charge in [-0.3, -0.25) is 0 Å². The Labute approximate surface area is 102 Å². The van der Waals surface area contributed by atoms with Crippen molar-refractivity contribution in [1.29, 1.82) is 0 Å². The molecule has 78 valence electrons. The smallest absolute Gasteiger partial charge is 0.0357 e. The Hall–Kier alpha value is -0.640. The van der Waals surface area contributed by atoms with Crippen molar-refractivity contribution >= 4 is 27.3 Å². The monoisotopic (exact) mass is 281 g/mol. The Bertz CT molecular complexity index is 476. The molecule has 0 spiro atoms. The van der Waals surface area contributed by atoms with Gasteiger partial charge in [0.05, 0.1) is 0 Å². The van der Waals surface area contributed by atoms with Crippen LogP contribution in [0.1, 0.15) is 10.4 Å². The average molecular weight is 282 g/mol. The molecule has 0 unspecified atom stereocenters. The molecule has 0 aliphatic rings. The fourth-order valence-corrected chi connectivity index (χ4v) is 3.22.